The minimum Gasteiger partial charge on any atom is -0.354 e. The number of aromatic nitrogens is 3. The summed E-state index contributed by atoms with van der Waals surface area (Å²) in [6.45, 7) is 3.17. The van der Waals surface area contributed by atoms with Gasteiger partial charge in [0.1, 0.15) is 0 Å². The summed E-state index contributed by atoms with van der Waals surface area (Å²) in [5.41, 5.74) is 3.08. The van der Waals surface area contributed by atoms with Gasteiger partial charge in [0.2, 0.25) is 5.91 Å². The monoisotopic (exact) mass is 356 g/mol. The van der Waals surface area contributed by atoms with E-state index in [4.69, 9.17) is 11.6 Å². The van der Waals surface area contributed by atoms with E-state index in [-0.39, 0.29) is 11.8 Å². The van der Waals surface area contributed by atoms with Gasteiger partial charge in [0, 0.05) is 54.1 Å². The van der Waals surface area contributed by atoms with Crippen LogP contribution in [0.15, 0.2) is 55.0 Å². The zero-order chi connectivity index (χ0) is 17.6. The average Bonchev–Trinajstić information content (AvgIpc) is 3.25. The number of carbonyl (C=O) groups excluding carboxylic acids is 1. The van der Waals surface area contributed by atoms with Crippen molar-refractivity contribution in [1.29, 1.82) is 0 Å². The minimum absolute atomic E-state index is 0.0210. The van der Waals surface area contributed by atoms with Gasteiger partial charge in [-0.15, -0.1) is 0 Å². The second-order valence-electron chi connectivity index (χ2n) is 6.13. The maximum absolute atomic E-state index is 12.5. The van der Waals surface area contributed by atoms with Crippen molar-refractivity contribution < 1.29 is 4.79 Å². The molecule has 3 rings (SSSR count). The molecule has 1 amide bonds. The Morgan fingerprint density at radius 3 is 2.64 bits per heavy atom. The summed E-state index contributed by atoms with van der Waals surface area (Å²) in [4.78, 5) is 12.5. The zero-order valence-corrected chi connectivity index (χ0v) is 14.8. The van der Waals surface area contributed by atoms with E-state index < -0.39 is 0 Å². The number of aromatic amines is 1. The van der Waals surface area contributed by atoms with E-state index in [0.29, 0.717) is 18.0 Å². The van der Waals surface area contributed by atoms with E-state index in [1.807, 2.05) is 55.7 Å². The van der Waals surface area contributed by atoms with Gasteiger partial charge in [0.05, 0.1) is 6.20 Å². The highest BCUT2D eigenvalue weighted by atomic mass is 35.5. The number of aryl methyl sites for hydroxylation is 1. The van der Waals surface area contributed by atoms with Crippen molar-refractivity contribution in [3.63, 3.8) is 0 Å². The van der Waals surface area contributed by atoms with Crippen molar-refractivity contribution in [3.8, 4) is 0 Å². The maximum Gasteiger partial charge on any atom is 0.220 e. The topological polar surface area (TPSA) is 62.7 Å². The third kappa shape index (κ3) is 4.73. The molecule has 0 aliphatic carbocycles. The highest BCUT2D eigenvalue weighted by molar-refractivity contribution is 6.30. The van der Waals surface area contributed by atoms with Crippen LogP contribution in [-0.2, 0) is 17.9 Å². The first-order valence-corrected chi connectivity index (χ1v) is 8.61. The van der Waals surface area contributed by atoms with Crippen LogP contribution in [0.1, 0.15) is 29.2 Å². The molecular weight excluding hydrogens is 336 g/mol. The molecule has 2 heterocycles. The van der Waals surface area contributed by atoms with Crippen molar-refractivity contribution in [2.75, 3.05) is 0 Å². The highest BCUT2D eigenvalue weighted by Gasteiger charge is 2.17. The Morgan fingerprint density at radius 1 is 1.28 bits per heavy atom. The van der Waals surface area contributed by atoms with Gasteiger partial charge in [-0.1, -0.05) is 23.7 Å². The van der Waals surface area contributed by atoms with E-state index in [0.717, 1.165) is 23.4 Å². The molecule has 1 atom stereocenters. The fourth-order valence-electron chi connectivity index (χ4n) is 2.81. The SMILES string of the molecule is Cc1[nH]ncc1CNC(=O)C[C@H](Cn1cccc1)c1ccc(Cl)cc1. The van der Waals surface area contributed by atoms with Gasteiger partial charge in [-0.3, -0.25) is 9.89 Å². The number of nitrogens with one attached hydrogen (secondary N) is 2. The Kier molecular flexibility index (Phi) is 5.56. The number of hydrogen-bond acceptors (Lipinski definition) is 2. The van der Waals surface area contributed by atoms with Crippen LogP contribution in [0, 0.1) is 6.92 Å². The molecule has 1 aromatic carbocycles. The van der Waals surface area contributed by atoms with Crippen LogP contribution in [0.25, 0.3) is 0 Å². The number of rotatable bonds is 7. The lowest BCUT2D eigenvalue weighted by molar-refractivity contribution is -0.121. The molecule has 0 aliphatic heterocycles. The number of hydrogen-bond donors (Lipinski definition) is 2. The average molecular weight is 357 g/mol. The summed E-state index contributed by atoms with van der Waals surface area (Å²) in [6.07, 6.45) is 6.17. The largest absolute Gasteiger partial charge is 0.354 e. The highest BCUT2D eigenvalue weighted by Crippen LogP contribution is 2.24. The number of benzene rings is 1. The molecule has 0 saturated heterocycles. The van der Waals surface area contributed by atoms with Crippen LogP contribution >= 0.6 is 11.6 Å². The molecular formula is C19H21ClN4O. The smallest absolute Gasteiger partial charge is 0.220 e. The van der Waals surface area contributed by atoms with Crippen LogP contribution in [-0.4, -0.2) is 20.7 Å². The molecule has 5 nitrogen and oxygen atoms in total. The van der Waals surface area contributed by atoms with Crippen molar-refractivity contribution in [2.24, 2.45) is 0 Å². The first kappa shape index (κ1) is 17.3. The Bertz CT molecular complexity index is 808. The predicted molar refractivity (Wildman–Crippen MR) is 98.4 cm³/mol. The minimum atomic E-state index is 0.0210. The molecule has 0 unspecified atom stereocenters. The molecule has 2 N–H and O–H groups in total. The van der Waals surface area contributed by atoms with Crippen molar-refractivity contribution in [3.05, 3.63) is 76.8 Å². The van der Waals surface area contributed by atoms with E-state index in [9.17, 15) is 4.79 Å². The van der Waals surface area contributed by atoms with Gasteiger partial charge >= 0.3 is 0 Å². The number of amides is 1. The van der Waals surface area contributed by atoms with Crippen LogP contribution in [0.3, 0.4) is 0 Å². The van der Waals surface area contributed by atoms with E-state index in [1.165, 1.54) is 0 Å². The fraction of sp³-hybridized carbons (Fsp3) is 0.263. The molecule has 6 heteroatoms. The summed E-state index contributed by atoms with van der Waals surface area (Å²) in [5, 5.41) is 10.5. The summed E-state index contributed by atoms with van der Waals surface area (Å²) < 4.78 is 2.09. The standard InChI is InChI=1S/C19H21ClN4O/c1-14-17(12-22-23-14)11-21-19(25)10-16(13-24-8-2-3-9-24)15-4-6-18(20)7-5-15/h2-9,12,16H,10-11,13H2,1H3,(H,21,25)(H,22,23)/t16-/m1/s1. The first-order chi connectivity index (χ1) is 12.1. The van der Waals surface area contributed by atoms with Crippen molar-refractivity contribution in [1.82, 2.24) is 20.1 Å². The lowest BCUT2D eigenvalue weighted by Crippen LogP contribution is -2.26. The third-order valence-electron chi connectivity index (χ3n) is 4.28. The summed E-state index contributed by atoms with van der Waals surface area (Å²) in [7, 11) is 0. The van der Waals surface area contributed by atoms with Crippen LogP contribution < -0.4 is 5.32 Å². The number of H-pyrrole nitrogens is 1. The summed E-state index contributed by atoms with van der Waals surface area (Å²) >= 11 is 5.99. The van der Waals surface area contributed by atoms with Gasteiger partial charge in [-0.2, -0.15) is 5.10 Å². The maximum atomic E-state index is 12.5. The molecule has 130 valence electrons. The Morgan fingerprint density at radius 2 is 2.00 bits per heavy atom. The first-order valence-electron chi connectivity index (χ1n) is 8.23. The van der Waals surface area contributed by atoms with Gasteiger partial charge in [-0.05, 0) is 36.8 Å². The third-order valence-corrected chi connectivity index (χ3v) is 4.53. The Balaban J connectivity index is 1.67. The molecule has 3 aromatic rings. The Labute approximate surface area is 152 Å². The molecule has 2 aromatic heterocycles. The lowest BCUT2D eigenvalue weighted by atomic mass is 9.95. The van der Waals surface area contributed by atoms with Gasteiger partial charge in [0.25, 0.3) is 0 Å². The van der Waals surface area contributed by atoms with Crippen LogP contribution in [0.4, 0.5) is 0 Å². The molecule has 0 radical (unpaired) electrons. The zero-order valence-electron chi connectivity index (χ0n) is 14.1. The number of halogens is 1. The molecule has 0 aliphatic rings. The van der Waals surface area contributed by atoms with Crippen LogP contribution in [0.5, 0.6) is 0 Å². The van der Waals surface area contributed by atoms with Gasteiger partial charge in [-0.25, -0.2) is 0 Å². The van der Waals surface area contributed by atoms with E-state index >= 15 is 0 Å². The normalized spacial score (nSPS) is 12.1. The van der Waals surface area contributed by atoms with Crippen molar-refractivity contribution >= 4 is 17.5 Å². The second kappa shape index (κ2) is 8.03. The van der Waals surface area contributed by atoms with Gasteiger partial charge < -0.3 is 9.88 Å². The summed E-state index contributed by atoms with van der Waals surface area (Å²) in [5.74, 6) is 0.0998. The number of nitrogens with zero attached hydrogens (tertiary/aromatic N) is 2. The predicted octanol–water partition coefficient (Wildman–Crippen LogP) is 3.66. The lowest BCUT2D eigenvalue weighted by Gasteiger charge is -2.18. The molecule has 0 spiro atoms. The van der Waals surface area contributed by atoms with E-state index in [2.05, 4.69) is 20.1 Å². The van der Waals surface area contributed by atoms with Gasteiger partial charge in [0.15, 0.2) is 0 Å². The second-order valence-corrected chi connectivity index (χ2v) is 6.57. The molecule has 0 bridgehead atoms. The van der Waals surface area contributed by atoms with E-state index in [1.54, 1.807) is 6.20 Å². The van der Waals surface area contributed by atoms with Crippen molar-refractivity contribution in [2.45, 2.75) is 32.4 Å². The van der Waals surface area contributed by atoms with Crippen LogP contribution in [0.2, 0.25) is 5.02 Å². The number of carbonyl (C=O) groups is 1. The molecule has 0 saturated carbocycles. The summed E-state index contributed by atoms with van der Waals surface area (Å²) in [6, 6.07) is 11.7. The quantitative estimate of drug-likeness (QED) is 0.678. The Hall–Kier alpha value is -2.53. The fourth-order valence-corrected chi connectivity index (χ4v) is 2.94. The molecule has 0 fully saturated rings. The molecule has 25 heavy (non-hydrogen) atoms.